The predicted octanol–water partition coefficient (Wildman–Crippen LogP) is 1.43. The number of carbonyl (C=O) groups is 1. The second-order valence-electron chi connectivity index (χ2n) is 2.21. The summed E-state index contributed by atoms with van der Waals surface area (Å²) in [5, 5.41) is 7.68. The Morgan fingerprint density at radius 1 is 1.55 bits per heavy atom. The van der Waals surface area contributed by atoms with Crippen LogP contribution in [0.25, 0.3) is 0 Å². The Morgan fingerprint density at radius 3 is 2.73 bits per heavy atom. The first-order valence-corrected chi connectivity index (χ1v) is 3.56. The van der Waals surface area contributed by atoms with E-state index in [1.165, 1.54) is 0 Å². The highest BCUT2D eigenvalue weighted by atomic mass is 35.5. The molecule has 0 fully saturated rings. The summed E-state index contributed by atoms with van der Waals surface area (Å²) in [6.45, 7) is 1.75. The monoisotopic (exact) mass is 170 g/mol. The van der Waals surface area contributed by atoms with E-state index in [9.17, 15) is 4.79 Å². The van der Waals surface area contributed by atoms with Gasteiger partial charge in [0.05, 0.1) is 11.6 Å². The van der Waals surface area contributed by atoms with Crippen LogP contribution < -0.4 is 0 Å². The quantitative estimate of drug-likeness (QED) is 0.631. The zero-order valence-corrected chi connectivity index (χ0v) is 6.75. The van der Waals surface area contributed by atoms with Crippen LogP contribution >= 0.6 is 11.6 Å². The maximum absolute atomic E-state index is 10.3. The fourth-order valence-corrected chi connectivity index (χ4v) is 0.740. The van der Waals surface area contributed by atoms with Crippen molar-refractivity contribution in [2.45, 2.75) is 12.8 Å². The lowest BCUT2D eigenvalue weighted by atomic mass is 10.1. The van der Waals surface area contributed by atoms with E-state index >= 15 is 0 Å². The van der Waals surface area contributed by atoms with Gasteiger partial charge in [0, 0.05) is 0 Å². The molecule has 1 heterocycles. The minimum Gasteiger partial charge on any atom is -0.303 e. The highest BCUT2D eigenvalue weighted by Gasteiger charge is 2.04. The lowest BCUT2D eigenvalue weighted by Gasteiger charge is -1.99. The molecule has 1 unspecified atom stereocenters. The number of halogens is 1. The van der Waals surface area contributed by atoms with Crippen molar-refractivity contribution < 1.29 is 4.79 Å². The van der Waals surface area contributed by atoms with Crippen molar-refractivity contribution in [1.29, 1.82) is 0 Å². The van der Waals surface area contributed by atoms with Crippen molar-refractivity contribution in [2.24, 2.45) is 0 Å². The van der Waals surface area contributed by atoms with Gasteiger partial charge < -0.3 is 4.79 Å². The molecule has 1 rings (SSSR count). The van der Waals surface area contributed by atoms with Gasteiger partial charge in [-0.15, -0.1) is 5.10 Å². The van der Waals surface area contributed by atoms with Gasteiger partial charge in [0.2, 0.25) is 0 Å². The van der Waals surface area contributed by atoms with Crippen LogP contribution in [0.4, 0.5) is 0 Å². The molecule has 11 heavy (non-hydrogen) atoms. The van der Waals surface area contributed by atoms with E-state index in [1.807, 2.05) is 0 Å². The Balaban J connectivity index is 2.89. The summed E-state index contributed by atoms with van der Waals surface area (Å²) in [6.07, 6.45) is 0.817. The number of hydrogen-bond acceptors (Lipinski definition) is 3. The zero-order chi connectivity index (χ0) is 8.27. The van der Waals surface area contributed by atoms with Crippen LogP contribution in [-0.2, 0) is 4.79 Å². The van der Waals surface area contributed by atoms with Gasteiger partial charge in [-0.3, -0.25) is 0 Å². The van der Waals surface area contributed by atoms with Gasteiger partial charge in [-0.05, 0) is 12.1 Å². The number of aldehydes is 1. The van der Waals surface area contributed by atoms with Crippen LogP contribution in [0.2, 0.25) is 5.15 Å². The summed E-state index contributed by atoms with van der Waals surface area (Å²) in [7, 11) is 0. The van der Waals surface area contributed by atoms with E-state index in [0.717, 1.165) is 6.29 Å². The van der Waals surface area contributed by atoms with Gasteiger partial charge >= 0.3 is 0 Å². The van der Waals surface area contributed by atoms with E-state index in [0.29, 0.717) is 10.8 Å². The first-order valence-electron chi connectivity index (χ1n) is 3.18. The third kappa shape index (κ3) is 1.98. The standard InChI is InChI=1S/C7H7ClN2O/c1-5(4-11)6-2-3-7(8)10-9-6/h2-5H,1H3. The summed E-state index contributed by atoms with van der Waals surface area (Å²) < 4.78 is 0. The Bertz CT molecular complexity index is 247. The molecule has 0 aromatic carbocycles. The number of hydrogen-bond donors (Lipinski definition) is 0. The second kappa shape index (κ2) is 3.44. The van der Waals surface area contributed by atoms with Crippen molar-refractivity contribution in [2.75, 3.05) is 0 Å². The summed E-state index contributed by atoms with van der Waals surface area (Å²) in [6, 6.07) is 3.30. The molecule has 1 atom stereocenters. The van der Waals surface area contributed by atoms with Gasteiger partial charge in [-0.25, -0.2) is 0 Å². The highest BCUT2D eigenvalue weighted by Crippen LogP contribution is 2.09. The van der Waals surface area contributed by atoms with Crippen LogP contribution in [0.3, 0.4) is 0 Å². The number of nitrogens with zero attached hydrogens (tertiary/aromatic N) is 2. The topological polar surface area (TPSA) is 42.9 Å². The number of aromatic nitrogens is 2. The molecule has 58 valence electrons. The van der Waals surface area contributed by atoms with Crippen LogP contribution in [0.5, 0.6) is 0 Å². The SMILES string of the molecule is CC(C=O)c1ccc(Cl)nn1. The number of carbonyl (C=O) groups excluding carboxylic acids is 1. The molecule has 3 nitrogen and oxygen atoms in total. The van der Waals surface area contributed by atoms with Crippen molar-refractivity contribution >= 4 is 17.9 Å². The first kappa shape index (κ1) is 8.14. The van der Waals surface area contributed by atoms with Gasteiger partial charge in [-0.2, -0.15) is 5.10 Å². The summed E-state index contributed by atoms with van der Waals surface area (Å²) in [4.78, 5) is 10.3. The second-order valence-corrected chi connectivity index (χ2v) is 2.59. The van der Waals surface area contributed by atoms with Crippen molar-refractivity contribution in [3.8, 4) is 0 Å². The molecule has 0 spiro atoms. The molecule has 0 saturated carbocycles. The maximum atomic E-state index is 10.3. The van der Waals surface area contributed by atoms with Gasteiger partial charge in [0.1, 0.15) is 6.29 Å². The Morgan fingerprint density at radius 2 is 2.27 bits per heavy atom. The molecule has 0 saturated heterocycles. The molecular formula is C7H7ClN2O. The summed E-state index contributed by atoms with van der Waals surface area (Å²) in [5.41, 5.74) is 0.643. The maximum Gasteiger partial charge on any atom is 0.151 e. The van der Waals surface area contributed by atoms with E-state index in [4.69, 9.17) is 11.6 Å². The minimum absolute atomic E-state index is 0.209. The predicted molar refractivity (Wildman–Crippen MR) is 41.5 cm³/mol. The van der Waals surface area contributed by atoms with Crippen molar-refractivity contribution in [3.05, 3.63) is 23.0 Å². The van der Waals surface area contributed by atoms with E-state index in [-0.39, 0.29) is 5.92 Å². The largest absolute Gasteiger partial charge is 0.303 e. The third-order valence-corrected chi connectivity index (χ3v) is 1.52. The molecule has 0 aliphatic rings. The lowest BCUT2D eigenvalue weighted by Crippen LogP contribution is -1.98. The third-order valence-electron chi connectivity index (χ3n) is 1.32. The molecule has 0 aliphatic heterocycles. The summed E-state index contributed by atoms with van der Waals surface area (Å²) in [5.74, 6) is -0.209. The highest BCUT2D eigenvalue weighted by molar-refractivity contribution is 6.29. The van der Waals surface area contributed by atoms with E-state index in [1.54, 1.807) is 19.1 Å². The Hall–Kier alpha value is -0.960. The minimum atomic E-state index is -0.209. The Labute approximate surface area is 69.4 Å². The van der Waals surface area contributed by atoms with Crippen LogP contribution in [0, 0.1) is 0 Å². The number of rotatable bonds is 2. The lowest BCUT2D eigenvalue weighted by molar-refractivity contribution is -0.108. The first-order chi connectivity index (χ1) is 5.24. The average Bonchev–Trinajstić information content (AvgIpc) is 2.05. The molecule has 1 aromatic heterocycles. The van der Waals surface area contributed by atoms with Crippen LogP contribution in [0.15, 0.2) is 12.1 Å². The van der Waals surface area contributed by atoms with Crippen molar-refractivity contribution in [1.82, 2.24) is 10.2 Å². The molecule has 1 aromatic rings. The smallest absolute Gasteiger partial charge is 0.151 e. The van der Waals surface area contributed by atoms with Gasteiger partial charge in [-0.1, -0.05) is 18.5 Å². The van der Waals surface area contributed by atoms with Crippen molar-refractivity contribution in [3.63, 3.8) is 0 Å². The normalized spacial score (nSPS) is 12.5. The van der Waals surface area contributed by atoms with E-state index in [2.05, 4.69) is 10.2 Å². The fraction of sp³-hybridized carbons (Fsp3) is 0.286. The molecule has 0 bridgehead atoms. The Kier molecular flexibility index (Phi) is 2.54. The molecule has 0 amide bonds. The molecule has 0 aliphatic carbocycles. The summed E-state index contributed by atoms with van der Waals surface area (Å²) >= 11 is 5.50. The molecule has 0 radical (unpaired) electrons. The zero-order valence-electron chi connectivity index (χ0n) is 5.99. The van der Waals surface area contributed by atoms with Crippen LogP contribution in [0.1, 0.15) is 18.5 Å². The molecule has 4 heteroatoms. The van der Waals surface area contributed by atoms with E-state index < -0.39 is 0 Å². The fourth-order valence-electron chi connectivity index (χ4n) is 0.639. The average molecular weight is 171 g/mol. The molecule has 0 N–H and O–H groups in total. The molecular weight excluding hydrogens is 164 g/mol. The van der Waals surface area contributed by atoms with Crippen LogP contribution in [-0.4, -0.2) is 16.5 Å². The van der Waals surface area contributed by atoms with Gasteiger partial charge in [0.15, 0.2) is 5.15 Å². The van der Waals surface area contributed by atoms with Gasteiger partial charge in [0.25, 0.3) is 0 Å².